The van der Waals surface area contributed by atoms with E-state index in [9.17, 15) is 27.6 Å². The van der Waals surface area contributed by atoms with Crippen molar-refractivity contribution in [2.45, 2.75) is 25.6 Å². The Kier molecular flexibility index (Phi) is 6.91. The molecule has 1 heterocycles. The van der Waals surface area contributed by atoms with E-state index in [0.29, 0.717) is 5.69 Å². The largest absolute Gasteiger partial charge is 0.416 e. The quantitative estimate of drug-likeness (QED) is 0.467. The lowest BCUT2D eigenvalue weighted by molar-refractivity contribution is -0.137. The van der Waals surface area contributed by atoms with Crippen LogP contribution in [0.15, 0.2) is 79.0 Å². The molecule has 0 fully saturated rings. The van der Waals surface area contributed by atoms with Crippen LogP contribution in [0.25, 0.3) is 6.08 Å². The Balaban J connectivity index is 1.46. The number of carbonyl (C=O) groups excluding carboxylic acids is 3. The van der Waals surface area contributed by atoms with E-state index in [1.807, 2.05) is 30.3 Å². The molecular weight excluding hydrogens is 471 g/mol. The molecule has 3 aromatic rings. The first-order valence-electron chi connectivity index (χ1n) is 11.1. The van der Waals surface area contributed by atoms with Crippen LogP contribution in [-0.2, 0) is 15.8 Å². The van der Waals surface area contributed by atoms with Gasteiger partial charge in [-0.05, 0) is 53.6 Å². The van der Waals surface area contributed by atoms with Gasteiger partial charge in [-0.3, -0.25) is 14.4 Å². The smallest absolute Gasteiger partial charge is 0.326 e. The van der Waals surface area contributed by atoms with Gasteiger partial charge in [0.2, 0.25) is 11.8 Å². The first-order chi connectivity index (χ1) is 17.1. The van der Waals surface area contributed by atoms with Crippen molar-refractivity contribution in [2.75, 3.05) is 10.6 Å². The highest BCUT2D eigenvalue weighted by Crippen LogP contribution is 2.33. The van der Waals surface area contributed by atoms with Crippen molar-refractivity contribution < 1.29 is 27.6 Å². The molecule has 3 amide bonds. The van der Waals surface area contributed by atoms with Crippen molar-refractivity contribution in [2.24, 2.45) is 0 Å². The van der Waals surface area contributed by atoms with Gasteiger partial charge in [0.15, 0.2) is 0 Å². The molecule has 0 aliphatic carbocycles. The zero-order valence-electron chi connectivity index (χ0n) is 19.2. The number of hydrogen-bond donors (Lipinski definition) is 2. The second kappa shape index (κ2) is 10.1. The molecule has 0 radical (unpaired) electrons. The SMILES string of the molecule is CC(=O)N1C=Cc2ccccc2C1CC(=O)Nc1cccc(C(=O)Nc2cccc(C(F)(F)F)c2)c1. The number of nitrogens with zero attached hydrogens (tertiary/aromatic N) is 1. The summed E-state index contributed by atoms with van der Waals surface area (Å²) in [4.78, 5) is 39.2. The Morgan fingerprint density at radius 1 is 0.889 bits per heavy atom. The Bertz CT molecular complexity index is 1350. The molecular formula is C27H22F3N3O3. The van der Waals surface area contributed by atoms with Gasteiger partial charge in [-0.2, -0.15) is 13.2 Å². The minimum absolute atomic E-state index is 0.00222. The number of nitrogens with one attached hydrogen (secondary N) is 2. The van der Waals surface area contributed by atoms with Crippen LogP contribution in [0.5, 0.6) is 0 Å². The van der Waals surface area contributed by atoms with Crippen molar-refractivity contribution in [3.8, 4) is 0 Å². The van der Waals surface area contributed by atoms with Crippen LogP contribution in [0.4, 0.5) is 24.5 Å². The van der Waals surface area contributed by atoms with Crippen LogP contribution in [0, 0.1) is 0 Å². The fraction of sp³-hybridized carbons (Fsp3) is 0.148. The summed E-state index contributed by atoms with van der Waals surface area (Å²) < 4.78 is 38.8. The molecule has 0 spiro atoms. The third-order valence-corrected chi connectivity index (χ3v) is 5.70. The van der Waals surface area contributed by atoms with E-state index in [-0.39, 0.29) is 29.5 Å². The second-order valence-corrected chi connectivity index (χ2v) is 8.25. The van der Waals surface area contributed by atoms with E-state index < -0.39 is 23.7 Å². The van der Waals surface area contributed by atoms with Crippen LogP contribution in [0.3, 0.4) is 0 Å². The maximum Gasteiger partial charge on any atom is 0.416 e. The zero-order valence-corrected chi connectivity index (χ0v) is 19.2. The number of anilines is 2. The minimum Gasteiger partial charge on any atom is -0.326 e. The van der Waals surface area contributed by atoms with Gasteiger partial charge in [-0.15, -0.1) is 0 Å². The van der Waals surface area contributed by atoms with Crippen LogP contribution in [0.1, 0.15) is 46.4 Å². The predicted octanol–water partition coefficient (Wildman–Crippen LogP) is 5.86. The fourth-order valence-electron chi connectivity index (χ4n) is 4.02. The lowest BCUT2D eigenvalue weighted by atomic mass is 9.93. The molecule has 2 N–H and O–H groups in total. The second-order valence-electron chi connectivity index (χ2n) is 8.25. The third-order valence-electron chi connectivity index (χ3n) is 5.70. The van der Waals surface area contributed by atoms with Crippen LogP contribution in [0.2, 0.25) is 0 Å². The van der Waals surface area contributed by atoms with Gasteiger partial charge in [0.1, 0.15) is 0 Å². The number of fused-ring (bicyclic) bond motifs is 1. The number of hydrogen-bond acceptors (Lipinski definition) is 3. The summed E-state index contributed by atoms with van der Waals surface area (Å²) in [6.45, 7) is 1.43. The minimum atomic E-state index is -4.53. The van der Waals surface area contributed by atoms with Crippen LogP contribution >= 0.6 is 0 Å². The predicted molar refractivity (Wildman–Crippen MR) is 130 cm³/mol. The van der Waals surface area contributed by atoms with Crippen molar-refractivity contribution in [3.63, 3.8) is 0 Å². The third kappa shape index (κ3) is 5.63. The standard InChI is InChI=1S/C27H22F3N3O3/c1-17(34)33-13-12-18-6-2-3-11-23(18)24(33)16-25(35)31-21-9-4-7-19(14-21)26(36)32-22-10-5-8-20(15-22)27(28,29)30/h2-15,24H,16H2,1H3,(H,31,35)(H,32,36). The fourth-order valence-corrected chi connectivity index (χ4v) is 4.02. The number of rotatable bonds is 5. The Hall–Kier alpha value is -4.40. The van der Waals surface area contributed by atoms with Gasteiger partial charge in [0, 0.05) is 30.1 Å². The lowest BCUT2D eigenvalue weighted by Gasteiger charge is -2.32. The van der Waals surface area contributed by atoms with Crippen LogP contribution < -0.4 is 10.6 Å². The molecule has 0 aromatic heterocycles. The molecule has 36 heavy (non-hydrogen) atoms. The highest BCUT2D eigenvalue weighted by Gasteiger charge is 2.31. The van der Waals surface area contributed by atoms with Gasteiger partial charge in [-0.1, -0.05) is 36.4 Å². The summed E-state index contributed by atoms with van der Waals surface area (Å²) in [5.74, 6) is -1.20. The molecule has 1 unspecified atom stereocenters. The normalized spacial score (nSPS) is 14.7. The summed E-state index contributed by atoms with van der Waals surface area (Å²) in [5, 5.41) is 5.18. The summed E-state index contributed by atoms with van der Waals surface area (Å²) in [5.41, 5.74) is 1.38. The van der Waals surface area contributed by atoms with Crippen molar-refractivity contribution >= 4 is 35.2 Å². The maximum absolute atomic E-state index is 12.9. The average Bonchev–Trinajstić information content (AvgIpc) is 2.84. The number of benzene rings is 3. The average molecular weight is 493 g/mol. The van der Waals surface area contributed by atoms with Gasteiger partial charge in [0.05, 0.1) is 18.0 Å². The lowest BCUT2D eigenvalue weighted by Crippen LogP contribution is -2.33. The number of amides is 3. The van der Waals surface area contributed by atoms with Crippen molar-refractivity contribution in [1.82, 2.24) is 4.90 Å². The van der Waals surface area contributed by atoms with E-state index >= 15 is 0 Å². The molecule has 9 heteroatoms. The Morgan fingerprint density at radius 2 is 1.58 bits per heavy atom. The first-order valence-corrected chi connectivity index (χ1v) is 11.1. The van der Waals surface area contributed by atoms with Gasteiger partial charge in [0.25, 0.3) is 5.91 Å². The Morgan fingerprint density at radius 3 is 2.31 bits per heavy atom. The monoisotopic (exact) mass is 493 g/mol. The molecule has 6 nitrogen and oxygen atoms in total. The molecule has 1 aliphatic heterocycles. The Labute approximate surface area is 205 Å². The zero-order chi connectivity index (χ0) is 25.9. The molecule has 4 rings (SSSR count). The van der Waals surface area contributed by atoms with E-state index in [1.165, 1.54) is 36.1 Å². The first kappa shape index (κ1) is 24.7. The summed E-state index contributed by atoms with van der Waals surface area (Å²) in [6, 6.07) is 17.4. The van der Waals surface area contributed by atoms with E-state index in [0.717, 1.165) is 23.3 Å². The molecule has 0 saturated heterocycles. The van der Waals surface area contributed by atoms with Crippen LogP contribution in [-0.4, -0.2) is 22.6 Å². The number of alkyl halides is 3. The van der Waals surface area contributed by atoms with Crippen molar-refractivity contribution in [1.29, 1.82) is 0 Å². The van der Waals surface area contributed by atoms with E-state index in [4.69, 9.17) is 0 Å². The molecule has 0 saturated carbocycles. The molecule has 1 atom stereocenters. The molecule has 184 valence electrons. The molecule has 1 aliphatic rings. The molecule has 0 bridgehead atoms. The topological polar surface area (TPSA) is 78.5 Å². The summed E-state index contributed by atoms with van der Waals surface area (Å²) >= 11 is 0. The van der Waals surface area contributed by atoms with E-state index in [1.54, 1.807) is 18.3 Å². The van der Waals surface area contributed by atoms with E-state index in [2.05, 4.69) is 10.6 Å². The van der Waals surface area contributed by atoms with Gasteiger partial charge < -0.3 is 15.5 Å². The number of halogens is 3. The maximum atomic E-state index is 12.9. The van der Waals surface area contributed by atoms with Gasteiger partial charge in [-0.25, -0.2) is 0 Å². The highest BCUT2D eigenvalue weighted by atomic mass is 19.4. The molecule has 3 aromatic carbocycles. The van der Waals surface area contributed by atoms with Gasteiger partial charge >= 0.3 is 6.18 Å². The number of carbonyl (C=O) groups is 3. The summed E-state index contributed by atoms with van der Waals surface area (Å²) in [7, 11) is 0. The highest BCUT2D eigenvalue weighted by molar-refractivity contribution is 6.05. The van der Waals surface area contributed by atoms with Crippen molar-refractivity contribution in [3.05, 3.63) is 101 Å². The summed E-state index contributed by atoms with van der Waals surface area (Å²) in [6.07, 6.45) is -1.07.